The summed E-state index contributed by atoms with van der Waals surface area (Å²) in [6.07, 6.45) is 3.89. The summed E-state index contributed by atoms with van der Waals surface area (Å²) in [6.45, 7) is 0. The van der Waals surface area contributed by atoms with Crippen LogP contribution in [-0.2, 0) is 21.7 Å². The second-order valence-electron chi connectivity index (χ2n) is 7.47. The number of hydrogen-bond donors (Lipinski definition) is 2. The van der Waals surface area contributed by atoms with E-state index in [0.717, 1.165) is 34.1 Å². The molecule has 0 spiro atoms. The van der Waals surface area contributed by atoms with Gasteiger partial charge in [-0.05, 0) is 30.0 Å². The van der Waals surface area contributed by atoms with Crippen molar-refractivity contribution in [3.63, 3.8) is 0 Å². The van der Waals surface area contributed by atoms with Gasteiger partial charge in [-0.2, -0.15) is 0 Å². The Kier molecular flexibility index (Phi) is 4.05. The van der Waals surface area contributed by atoms with Crippen molar-refractivity contribution in [1.29, 1.82) is 0 Å². The molecule has 2 N–H and O–H groups in total. The number of fused-ring (bicyclic) bond motifs is 6. The number of para-hydroxylation sites is 1. The van der Waals surface area contributed by atoms with Crippen molar-refractivity contribution < 1.29 is 24.0 Å². The smallest absolute Gasteiger partial charge is 0.464 e. The maximum Gasteiger partial charge on any atom is 0.476 e. The molecule has 3 aromatic rings. The minimum Gasteiger partial charge on any atom is -0.464 e. The molecule has 7 heteroatoms. The molecule has 3 heterocycles. The predicted octanol–water partition coefficient (Wildman–Crippen LogP) is 2.53. The number of carbonyl (C=O) groups excluding carboxylic acids is 1. The van der Waals surface area contributed by atoms with Gasteiger partial charge in [-0.1, -0.05) is 42.5 Å². The number of amides is 1. The van der Waals surface area contributed by atoms with Gasteiger partial charge in [-0.3, -0.25) is 4.79 Å². The molecular formula is C21H20BNO5. The van der Waals surface area contributed by atoms with Gasteiger partial charge in [-0.15, -0.1) is 0 Å². The van der Waals surface area contributed by atoms with Crippen molar-refractivity contribution in [2.75, 3.05) is 0 Å². The van der Waals surface area contributed by atoms with Crippen molar-refractivity contribution in [2.24, 2.45) is 0 Å². The number of furan rings is 1. The van der Waals surface area contributed by atoms with Gasteiger partial charge in [0.15, 0.2) is 5.72 Å². The Morgan fingerprint density at radius 2 is 2.00 bits per heavy atom. The lowest BCUT2D eigenvalue weighted by Gasteiger charge is -2.41. The van der Waals surface area contributed by atoms with E-state index < -0.39 is 18.8 Å². The average Bonchev–Trinajstić information content (AvgIpc) is 3.41. The molecule has 2 aliphatic heterocycles. The third-order valence-electron chi connectivity index (χ3n) is 6.03. The number of benzene rings is 2. The van der Waals surface area contributed by atoms with Crippen molar-refractivity contribution >= 4 is 24.5 Å². The first kappa shape index (κ1) is 17.5. The van der Waals surface area contributed by atoms with Crippen LogP contribution in [0, 0.1) is 0 Å². The molecule has 0 aliphatic carbocycles. The highest BCUT2D eigenvalue weighted by Crippen LogP contribution is 2.56. The molecule has 1 fully saturated rings. The molecule has 5 rings (SSSR count). The van der Waals surface area contributed by atoms with Gasteiger partial charge < -0.3 is 24.1 Å². The number of ether oxygens (including phenoxy) is 1. The Hall–Kier alpha value is -2.61. The Balaban J connectivity index is 1.55. The standard InChI is InChI=1S/C21H20BNO5/c24-13-23(21-10-9-19(28-21)16-6-1-3-7-17(16)21)20(22(25)26)11-14-12-27-18-8-4-2-5-15(14)18/h1-8,12-13,19-20,25-26H,9-11H2/t19-,20+,21+/m1/s1. The Labute approximate surface area is 162 Å². The largest absolute Gasteiger partial charge is 0.476 e. The number of rotatable bonds is 6. The monoisotopic (exact) mass is 377 g/mol. The Bertz CT molecular complexity index is 1030. The molecular weight excluding hydrogens is 357 g/mol. The first-order valence-corrected chi connectivity index (χ1v) is 9.46. The Morgan fingerprint density at radius 1 is 1.21 bits per heavy atom. The highest BCUT2D eigenvalue weighted by Gasteiger charge is 2.56. The summed E-state index contributed by atoms with van der Waals surface area (Å²) in [7, 11) is -1.72. The van der Waals surface area contributed by atoms with E-state index in [-0.39, 0.29) is 12.5 Å². The van der Waals surface area contributed by atoms with Gasteiger partial charge in [0, 0.05) is 17.4 Å². The lowest BCUT2D eigenvalue weighted by molar-refractivity contribution is -0.162. The lowest BCUT2D eigenvalue weighted by Crippen LogP contribution is -2.56. The normalized spacial score (nSPS) is 23.6. The van der Waals surface area contributed by atoms with Crippen molar-refractivity contribution in [2.45, 2.75) is 37.0 Å². The summed E-state index contributed by atoms with van der Waals surface area (Å²) in [5.74, 6) is -0.872. The summed E-state index contributed by atoms with van der Waals surface area (Å²) < 4.78 is 11.9. The molecule has 2 aromatic carbocycles. The van der Waals surface area contributed by atoms with Gasteiger partial charge >= 0.3 is 7.12 Å². The number of hydrogen-bond acceptors (Lipinski definition) is 5. The molecule has 1 saturated heterocycles. The summed E-state index contributed by atoms with van der Waals surface area (Å²) >= 11 is 0. The van der Waals surface area contributed by atoms with Crippen molar-refractivity contribution in [1.82, 2.24) is 4.90 Å². The Morgan fingerprint density at radius 3 is 2.82 bits per heavy atom. The van der Waals surface area contributed by atoms with E-state index in [9.17, 15) is 14.8 Å². The molecule has 28 heavy (non-hydrogen) atoms. The fourth-order valence-corrected chi connectivity index (χ4v) is 4.75. The maximum atomic E-state index is 12.2. The van der Waals surface area contributed by atoms with Gasteiger partial charge in [0.1, 0.15) is 5.58 Å². The van der Waals surface area contributed by atoms with Gasteiger partial charge in [0.25, 0.3) is 0 Å². The second-order valence-corrected chi connectivity index (χ2v) is 7.47. The second kappa shape index (κ2) is 6.48. The van der Waals surface area contributed by atoms with E-state index in [1.165, 1.54) is 4.90 Å². The van der Waals surface area contributed by atoms with Crippen LogP contribution in [0.5, 0.6) is 0 Å². The third-order valence-corrected chi connectivity index (χ3v) is 6.03. The maximum absolute atomic E-state index is 12.2. The summed E-state index contributed by atoms with van der Waals surface area (Å²) in [6, 6.07) is 15.4. The van der Waals surface area contributed by atoms with Gasteiger partial charge in [-0.25, -0.2) is 0 Å². The minimum atomic E-state index is -1.72. The van der Waals surface area contributed by atoms with Crippen LogP contribution in [0.25, 0.3) is 11.0 Å². The van der Waals surface area contributed by atoms with E-state index >= 15 is 0 Å². The number of nitrogens with zero attached hydrogens (tertiary/aromatic N) is 1. The van der Waals surface area contributed by atoms with Gasteiger partial charge in [0.2, 0.25) is 6.41 Å². The highest BCUT2D eigenvalue weighted by atomic mass is 16.5. The molecule has 0 unspecified atom stereocenters. The molecule has 142 valence electrons. The van der Waals surface area contributed by atoms with Gasteiger partial charge in [0.05, 0.1) is 18.3 Å². The SMILES string of the molecule is O=CN([C@@H](Cc1coc2ccccc12)B(O)O)[C@@]12CC[C@@H](O1)c1ccccc12. The minimum absolute atomic E-state index is 0.0649. The molecule has 2 bridgehead atoms. The lowest BCUT2D eigenvalue weighted by atomic mass is 9.73. The van der Waals surface area contributed by atoms with E-state index in [1.54, 1.807) is 6.26 Å². The molecule has 6 nitrogen and oxygen atoms in total. The summed E-state index contributed by atoms with van der Waals surface area (Å²) in [4.78, 5) is 13.7. The van der Waals surface area contributed by atoms with E-state index in [4.69, 9.17) is 9.15 Å². The van der Waals surface area contributed by atoms with E-state index in [0.29, 0.717) is 12.8 Å². The molecule has 0 saturated carbocycles. The zero-order valence-corrected chi connectivity index (χ0v) is 15.2. The first-order chi connectivity index (χ1) is 13.6. The molecule has 1 amide bonds. The molecule has 3 atom stereocenters. The van der Waals surface area contributed by atoms with Crippen LogP contribution in [-0.4, -0.2) is 34.4 Å². The van der Waals surface area contributed by atoms with Crippen molar-refractivity contribution in [3.8, 4) is 0 Å². The van der Waals surface area contributed by atoms with Crippen LogP contribution in [0.2, 0.25) is 0 Å². The van der Waals surface area contributed by atoms with Crippen LogP contribution in [0.3, 0.4) is 0 Å². The van der Waals surface area contributed by atoms with Crippen LogP contribution in [0.1, 0.15) is 35.6 Å². The predicted molar refractivity (Wildman–Crippen MR) is 103 cm³/mol. The van der Waals surface area contributed by atoms with E-state index in [2.05, 4.69) is 0 Å². The summed E-state index contributed by atoms with van der Waals surface area (Å²) in [5, 5.41) is 21.3. The topological polar surface area (TPSA) is 83.1 Å². The van der Waals surface area contributed by atoms with Crippen LogP contribution >= 0.6 is 0 Å². The average molecular weight is 377 g/mol. The zero-order chi connectivity index (χ0) is 19.3. The molecule has 2 aliphatic rings. The first-order valence-electron chi connectivity index (χ1n) is 9.46. The fourth-order valence-electron chi connectivity index (χ4n) is 4.75. The van der Waals surface area contributed by atoms with Crippen LogP contribution in [0.15, 0.2) is 59.2 Å². The molecule has 1 aromatic heterocycles. The van der Waals surface area contributed by atoms with E-state index in [1.807, 2.05) is 48.5 Å². The van der Waals surface area contributed by atoms with Crippen LogP contribution in [0.4, 0.5) is 0 Å². The number of carbonyl (C=O) groups is 1. The fraction of sp³-hybridized carbons (Fsp3) is 0.286. The third kappa shape index (κ3) is 2.44. The van der Waals surface area contributed by atoms with Crippen LogP contribution < -0.4 is 0 Å². The quantitative estimate of drug-likeness (QED) is 0.510. The van der Waals surface area contributed by atoms with Crippen molar-refractivity contribution in [3.05, 3.63) is 71.5 Å². The molecule has 0 radical (unpaired) electrons. The zero-order valence-electron chi connectivity index (χ0n) is 15.2. The highest BCUT2D eigenvalue weighted by molar-refractivity contribution is 6.43. The summed E-state index contributed by atoms with van der Waals surface area (Å²) in [5.41, 5.74) is 2.58.